The molecule has 0 saturated heterocycles. The Bertz CT molecular complexity index is 839. The quantitative estimate of drug-likeness (QED) is 0.0366. The highest BCUT2D eigenvalue weighted by molar-refractivity contribution is 14.1. The van der Waals surface area contributed by atoms with Gasteiger partial charge in [-0.3, -0.25) is 14.4 Å². The number of aliphatic hydroxyl groups excluding tert-OH is 1. The van der Waals surface area contributed by atoms with E-state index in [1.807, 2.05) is 34.2 Å². The number of nitrogens with zero attached hydrogens (tertiary/aromatic N) is 2. The van der Waals surface area contributed by atoms with Gasteiger partial charge in [0, 0.05) is 38.4 Å². The molecule has 0 heterocycles. The van der Waals surface area contributed by atoms with E-state index in [2.05, 4.69) is 70.7 Å². The van der Waals surface area contributed by atoms with Crippen LogP contribution in [0.4, 0.5) is 0 Å². The van der Waals surface area contributed by atoms with Crippen LogP contribution in [0.2, 0.25) is 6.82 Å². The molecule has 4 unspecified atom stereocenters. The minimum absolute atomic E-state index is 0.0102. The molecule has 0 aromatic heterocycles. The summed E-state index contributed by atoms with van der Waals surface area (Å²) in [6.07, 6.45) is -1.57. The first-order valence-corrected chi connectivity index (χ1v) is 14.2. The maximum atomic E-state index is 13.3. The van der Waals surface area contributed by atoms with Gasteiger partial charge in [-0.2, -0.15) is 4.91 Å². The summed E-state index contributed by atoms with van der Waals surface area (Å²) in [6, 6.07) is -1.05. The second-order valence-electron chi connectivity index (χ2n) is 7.84. The molecule has 0 fully saturated rings. The summed E-state index contributed by atoms with van der Waals surface area (Å²) in [5, 5.41) is 18.7. The highest BCUT2D eigenvalue weighted by Gasteiger charge is 2.42. The minimum atomic E-state index is -0.888. The molecule has 9 N–H and O–H groups in total. The van der Waals surface area contributed by atoms with Crippen LogP contribution >= 0.6 is 67.8 Å². The largest absolute Gasteiger partial charge is 0.389 e. The van der Waals surface area contributed by atoms with E-state index in [9.17, 15) is 19.6 Å². The molecule has 0 aromatic rings. The van der Waals surface area contributed by atoms with Crippen molar-refractivity contribution in [1.82, 2.24) is 15.4 Å². The number of nitrogens with two attached hydrogens (primary N) is 3. The second kappa shape index (κ2) is 17.5. The fraction of sp³-hybridized carbons (Fsp3) is 0.667. The van der Waals surface area contributed by atoms with Crippen LogP contribution < -0.4 is 28.3 Å². The van der Waals surface area contributed by atoms with Crippen LogP contribution in [0, 0.1) is 4.91 Å². The zero-order chi connectivity index (χ0) is 27.4. The number of carbonyl (C=O) groups is 2. The van der Waals surface area contributed by atoms with Crippen molar-refractivity contribution in [2.45, 2.75) is 42.0 Å². The third kappa shape index (κ3) is 9.61. The molecule has 5 atom stereocenters. The first-order valence-electron chi connectivity index (χ1n) is 10.8. The monoisotopic (exact) mass is 849 g/mol. The lowest BCUT2D eigenvalue weighted by atomic mass is 9.85. The number of hydrogen-bond donors (Lipinski definition) is 6. The number of alkyl halides is 1. The van der Waals surface area contributed by atoms with E-state index in [0.29, 0.717) is 25.7 Å². The van der Waals surface area contributed by atoms with Gasteiger partial charge in [-0.05, 0) is 52.1 Å². The predicted molar refractivity (Wildman–Crippen MR) is 160 cm³/mol. The van der Waals surface area contributed by atoms with Gasteiger partial charge in [0.15, 0.2) is 0 Å². The van der Waals surface area contributed by atoms with Crippen LogP contribution in [-0.2, 0) is 24.1 Å². The Labute approximate surface area is 250 Å². The van der Waals surface area contributed by atoms with E-state index in [1.54, 1.807) is 6.92 Å². The van der Waals surface area contributed by atoms with Crippen molar-refractivity contribution in [2.75, 3.05) is 32.8 Å². The maximum Gasteiger partial charge on any atom is 0.253 e. The highest BCUT2D eigenvalue weighted by atomic mass is 127. The van der Waals surface area contributed by atoms with Crippen molar-refractivity contribution >= 4 is 87.0 Å². The molecule has 0 radical (unpaired) electrons. The topological polar surface area (TPSA) is 217 Å². The minimum Gasteiger partial charge on any atom is -0.389 e. The van der Waals surface area contributed by atoms with E-state index < -0.39 is 40.0 Å². The Kier molecular flexibility index (Phi) is 16.5. The normalized spacial score (nSPS) is 20.7. The first kappa shape index (κ1) is 34.0. The zero-order valence-corrected chi connectivity index (χ0v) is 26.3. The molecule has 0 bridgehead atoms. The Morgan fingerprint density at radius 2 is 1.78 bits per heavy atom. The van der Waals surface area contributed by atoms with Crippen molar-refractivity contribution in [3.8, 4) is 0 Å². The van der Waals surface area contributed by atoms with Gasteiger partial charge in [0.25, 0.3) is 5.91 Å². The number of amides is 2. The average molecular weight is 849 g/mol. The molecular formula is C18H31BI3N7O7. The lowest BCUT2D eigenvalue weighted by Crippen LogP contribution is -2.52. The number of aliphatic hydroxyl groups is 1. The number of nitrogens with one attached hydrogen (secondary N) is 2. The summed E-state index contributed by atoms with van der Waals surface area (Å²) in [5.41, 5.74) is 0.665. The molecule has 1 aliphatic rings. The smallest absolute Gasteiger partial charge is 0.253 e. The van der Waals surface area contributed by atoms with E-state index in [-0.39, 0.29) is 32.8 Å². The zero-order valence-electron chi connectivity index (χ0n) is 19.8. The Morgan fingerprint density at radius 1 is 1.17 bits per heavy atom. The number of halogens is 3. The molecule has 0 aromatic carbocycles. The van der Waals surface area contributed by atoms with Crippen molar-refractivity contribution in [2.24, 2.45) is 22.9 Å². The standard InChI is InChI=1S/C18H31BI3N7O7/c1-8(28-33)3-26-17(31)11-13(20)12(18(32)27-4-10(36-25)7-35-24)15(22)16(14(11)21)29(19-2)5-9(30)6-34-23/h8-10,14,16,19,30H,3-7,23-25H2,1-2H3,(H,26,31)(H,27,32)/t8?,9?,10?,14-,16?/m0/s1. The van der Waals surface area contributed by atoms with Crippen LogP contribution in [0.3, 0.4) is 0 Å². The van der Waals surface area contributed by atoms with Crippen LogP contribution in [0.15, 0.2) is 23.5 Å². The number of hydrogen-bond acceptors (Lipinski definition) is 12. The molecule has 0 saturated carbocycles. The lowest BCUT2D eigenvalue weighted by molar-refractivity contribution is -0.118. The van der Waals surface area contributed by atoms with E-state index >= 15 is 0 Å². The molecule has 0 aliphatic heterocycles. The molecule has 0 spiro atoms. The van der Waals surface area contributed by atoms with Crippen LogP contribution in [-0.4, -0.2) is 90.2 Å². The van der Waals surface area contributed by atoms with Crippen LogP contribution in [0.25, 0.3) is 0 Å². The molecule has 1 rings (SSSR count). The third-order valence-corrected chi connectivity index (χ3v) is 8.82. The SMILES string of the molecule is CBN(CC(O)CON)C1C(I)=C(C(=O)NCC(CON)ON)C(I)=C(C(=O)NCC(C)N=O)[C@@H]1I. The van der Waals surface area contributed by atoms with Gasteiger partial charge in [0.05, 0.1) is 28.8 Å². The van der Waals surface area contributed by atoms with Crippen molar-refractivity contribution in [3.63, 3.8) is 0 Å². The first-order chi connectivity index (χ1) is 17.1. The summed E-state index contributed by atoms with van der Waals surface area (Å²) in [6.45, 7) is 3.61. The Balaban J connectivity index is 3.45. The summed E-state index contributed by atoms with van der Waals surface area (Å²) in [7, 11) is 0.502. The van der Waals surface area contributed by atoms with E-state index in [1.165, 1.54) is 0 Å². The van der Waals surface area contributed by atoms with Gasteiger partial charge in [-0.25, -0.2) is 17.7 Å². The molecule has 2 amide bonds. The summed E-state index contributed by atoms with van der Waals surface area (Å²) in [5.74, 6) is 14.5. The van der Waals surface area contributed by atoms with Crippen molar-refractivity contribution < 1.29 is 29.2 Å². The molecule has 36 heavy (non-hydrogen) atoms. The molecule has 18 heteroatoms. The molecular weight excluding hydrogens is 818 g/mol. The summed E-state index contributed by atoms with van der Waals surface area (Å²) < 4.78 is 0.738. The van der Waals surface area contributed by atoms with Gasteiger partial charge in [0.2, 0.25) is 13.3 Å². The lowest BCUT2D eigenvalue weighted by Gasteiger charge is -2.39. The third-order valence-electron chi connectivity index (χ3n) is 5.22. The molecule has 1 aliphatic carbocycles. The fourth-order valence-corrected chi connectivity index (χ4v) is 8.96. The number of nitroso groups, excluding NO2 is 1. The van der Waals surface area contributed by atoms with E-state index in [4.69, 9.17) is 22.5 Å². The number of carbonyl (C=O) groups excluding carboxylic acids is 2. The predicted octanol–water partition coefficient (Wildman–Crippen LogP) is -0.960. The molecule has 14 nitrogen and oxygen atoms in total. The maximum absolute atomic E-state index is 13.3. The average Bonchev–Trinajstić information content (AvgIpc) is 2.84. The van der Waals surface area contributed by atoms with Gasteiger partial charge in [-0.15, -0.1) is 0 Å². The second-order valence-corrected chi connectivity index (χ2v) is 11.4. The fourth-order valence-electron chi connectivity index (χ4n) is 3.37. The summed E-state index contributed by atoms with van der Waals surface area (Å²) in [4.78, 5) is 53.2. The summed E-state index contributed by atoms with van der Waals surface area (Å²) >= 11 is 6.23. The van der Waals surface area contributed by atoms with Crippen molar-refractivity contribution in [1.29, 1.82) is 0 Å². The molecule has 204 valence electrons. The van der Waals surface area contributed by atoms with Gasteiger partial charge in [0.1, 0.15) is 12.1 Å². The van der Waals surface area contributed by atoms with Crippen LogP contribution in [0.5, 0.6) is 0 Å². The van der Waals surface area contributed by atoms with Crippen molar-refractivity contribution in [3.05, 3.63) is 23.2 Å². The van der Waals surface area contributed by atoms with Gasteiger partial charge >= 0.3 is 0 Å². The highest BCUT2D eigenvalue weighted by Crippen LogP contribution is 2.43. The van der Waals surface area contributed by atoms with Gasteiger partial charge in [-0.1, -0.05) is 34.6 Å². The van der Waals surface area contributed by atoms with Crippen LogP contribution in [0.1, 0.15) is 6.92 Å². The van der Waals surface area contributed by atoms with Gasteiger partial charge < -0.3 is 30.2 Å². The Morgan fingerprint density at radius 3 is 2.31 bits per heavy atom. The Hall–Kier alpha value is -0.0451. The van der Waals surface area contributed by atoms with E-state index in [0.717, 1.165) is 0 Å². The number of rotatable bonds is 16.